The third kappa shape index (κ3) is 5.78. The highest BCUT2D eigenvalue weighted by molar-refractivity contribution is 9.10. The van der Waals surface area contributed by atoms with Gasteiger partial charge in [-0.1, -0.05) is 65.7 Å². The van der Waals surface area contributed by atoms with Crippen molar-refractivity contribution in [2.24, 2.45) is 0 Å². The summed E-state index contributed by atoms with van der Waals surface area (Å²) in [4.78, 5) is 42.9. The van der Waals surface area contributed by atoms with Crippen LogP contribution in [0.3, 0.4) is 0 Å². The number of methoxy groups -OCH3 is 1. The van der Waals surface area contributed by atoms with Crippen LogP contribution in [0.1, 0.15) is 22.3 Å². The van der Waals surface area contributed by atoms with Crippen LogP contribution in [0.25, 0.3) is 6.08 Å². The lowest BCUT2D eigenvalue weighted by molar-refractivity contribution is -0.121. The molecule has 0 saturated carbocycles. The molecule has 1 aliphatic rings. The van der Waals surface area contributed by atoms with Gasteiger partial charge in [0.1, 0.15) is 12.2 Å². The zero-order valence-corrected chi connectivity index (χ0v) is 24.3. The maximum atomic E-state index is 13.7. The van der Waals surface area contributed by atoms with Gasteiger partial charge in [-0.15, -0.1) is 0 Å². The van der Waals surface area contributed by atoms with E-state index in [2.05, 4.69) is 34.1 Å². The monoisotopic (exact) mass is 610 g/mol. The summed E-state index contributed by atoms with van der Waals surface area (Å²) in [5.74, 6) is -0.531. The van der Waals surface area contributed by atoms with E-state index in [-0.39, 0.29) is 5.57 Å². The van der Waals surface area contributed by atoms with Crippen molar-refractivity contribution in [3.63, 3.8) is 0 Å². The molecule has 41 heavy (non-hydrogen) atoms. The van der Waals surface area contributed by atoms with Crippen LogP contribution in [-0.2, 0) is 16.2 Å². The van der Waals surface area contributed by atoms with Gasteiger partial charge in [-0.05, 0) is 83.4 Å². The average molecular weight is 611 g/mol. The summed E-state index contributed by atoms with van der Waals surface area (Å²) in [6.45, 7) is 4.40. The summed E-state index contributed by atoms with van der Waals surface area (Å²) in [5.41, 5.74) is 4.37. The van der Waals surface area contributed by atoms with E-state index >= 15 is 0 Å². The van der Waals surface area contributed by atoms with E-state index in [1.165, 1.54) is 13.2 Å². The van der Waals surface area contributed by atoms with Crippen LogP contribution in [0.5, 0.6) is 11.5 Å². The normalized spacial score (nSPS) is 13.5. The first kappa shape index (κ1) is 27.9. The van der Waals surface area contributed by atoms with Gasteiger partial charge in [0.15, 0.2) is 11.5 Å². The lowest BCUT2D eigenvalue weighted by atomic mass is 10.0. The topological polar surface area (TPSA) is 76.2 Å². The molecular weight excluding hydrogens is 584 g/mol. The minimum absolute atomic E-state index is 0.171. The molecule has 0 spiro atoms. The minimum atomic E-state index is -0.747. The Bertz CT molecular complexity index is 1580. The molecular formula is C33H27BrN2O5. The van der Waals surface area contributed by atoms with Gasteiger partial charge >= 0.3 is 6.03 Å². The summed E-state index contributed by atoms with van der Waals surface area (Å²) < 4.78 is 12.3. The first-order valence-corrected chi connectivity index (χ1v) is 13.7. The third-order valence-corrected chi connectivity index (χ3v) is 7.09. The number of hydrogen-bond donors (Lipinski definition) is 0. The van der Waals surface area contributed by atoms with Crippen molar-refractivity contribution < 1.29 is 23.9 Å². The Morgan fingerprint density at radius 1 is 0.756 bits per heavy atom. The molecule has 7 nitrogen and oxygen atoms in total. The number of aryl methyl sites for hydroxylation is 2. The second-order valence-corrected chi connectivity index (χ2v) is 10.5. The molecule has 4 aromatic rings. The number of rotatable bonds is 7. The first-order valence-electron chi connectivity index (χ1n) is 12.9. The lowest BCUT2D eigenvalue weighted by Crippen LogP contribution is -2.57. The number of carbonyl (C=O) groups excluding carboxylic acids is 3. The highest BCUT2D eigenvalue weighted by Gasteiger charge is 2.43. The van der Waals surface area contributed by atoms with Gasteiger partial charge in [-0.25, -0.2) is 14.6 Å². The highest BCUT2D eigenvalue weighted by Crippen LogP contribution is 2.38. The van der Waals surface area contributed by atoms with Crippen molar-refractivity contribution in [3.05, 3.63) is 123 Å². The fourth-order valence-electron chi connectivity index (χ4n) is 4.78. The number of anilines is 2. The van der Waals surface area contributed by atoms with Crippen LogP contribution < -0.4 is 19.3 Å². The fraction of sp³-hybridized carbons (Fsp3) is 0.121. The number of imide groups is 2. The van der Waals surface area contributed by atoms with Crippen LogP contribution in [0, 0.1) is 13.8 Å². The third-order valence-electron chi connectivity index (χ3n) is 6.51. The van der Waals surface area contributed by atoms with Gasteiger partial charge in [0.2, 0.25) is 0 Å². The molecule has 4 aromatic carbocycles. The number of para-hydroxylation sites is 2. The number of nitrogens with zero attached hydrogens (tertiary/aromatic N) is 2. The van der Waals surface area contributed by atoms with E-state index in [0.29, 0.717) is 39.5 Å². The van der Waals surface area contributed by atoms with Crippen molar-refractivity contribution >= 4 is 51.2 Å². The second-order valence-electron chi connectivity index (χ2n) is 9.61. The Morgan fingerprint density at radius 2 is 1.29 bits per heavy atom. The van der Waals surface area contributed by atoms with E-state index in [1.807, 2.05) is 13.8 Å². The van der Waals surface area contributed by atoms with Crippen LogP contribution in [0.2, 0.25) is 0 Å². The average Bonchev–Trinajstić information content (AvgIpc) is 2.95. The van der Waals surface area contributed by atoms with Gasteiger partial charge in [0.05, 0.1) is 23.0 Å². The van der Waals surface area contributed by atoms with Gasteiger partial charge in [-0.3, -0.25) is 9.59 Å². The Labute approximate surface area is 246 Å². The zero-order chi connectivity index (χ0) is 29.1. The molecule has 0 N–H and O–H groups in total. The Kier molecular flexibility index (Phi) is 8.03. The van der Waals surface area contributed by atoms with Crippen molar-refractivity contribution in [2.45, 2.75) is 20.5 Å². The first-order chi connectivity index (χ1) is 19.8. The number of barbiturate groups is 1. The Morgan fingerprint density at radius 3 is 1.80 bits per heavy atom. The quantitative estimate of drug-likeness (QED) is 0.163. The highest BCUT2D eigenvalue weighted by atomic mass is 79.9. The number of carbonyl (C=O) groups is 3. The van der Waals surface area contributed by atoms with E-state index < -0.39 is 17.8 Å². The van der Waals surface area contributed by atoms with Crippen LogP contribution in [0.15, 0.2) is 101 Å². The molecule has 206 valence electrons. The molecule has 0 bridgehead atoms. The molecule has 1 saturated heterocycles. The molecule has 1 aliphatic heterocycles. The summed E-state index contributed by atoms with van der Waals surface area (Å²) in [6, 6.07) is 25.9. The lowest BCUT2D eigenvalue weighted by Gasteiger charge is -2.34. The SMILES string of the molecule is COc1cc(C=C2C(=O)N(c3ccccc3)C(=O)N(c3ccccc3)C2=O)cc(Br)c1OCc1cc(C)cc(C)c1. The smallest absolute Gasteiger partial charge is 0.343 e. The summed E-state index contributed by atoms with van der Waals surface area (Å²) in [5, 5.41) is 0. The molecule has 5 rings (SSSR count). The van der Waals surface area contributed by atoms with Crippen molar-refractivity contribution in [2.75, 3.05) is 16.9 Å². The van der Waals surface area contributed by atoms with Gasteiger partial charge in [0.25, 0.3) is 11.8 Å². The number of hydrogen-bond acceptors (Lipinski definition) is 5. The van der Waals surface area contributed by atoms with Crippen LogP contribution in [0.4, 0.5) is 16.2 Å². The molecule has 0 aliphatic carbocycles. The molecule has 0 unspecified atom stereocenters. The fourth-order valence-corrected chi connectivity index (χ4v) is 5.35. The van der Waals surface area contributed by atoms with Crippen molar-refractivity contribution in [1.82, 2.24) is 0 Å². The second kappa shape index (κ2) is 11.8. The number of urea groups is 1. The summed E-state index contributed by atoms with van der Waals surface area (Å²) in [6.07, 6.45) is 1.46. The van der Waals surface area contributed by atoms with E-state index in [4.69, 9.17) is 9.47 Å². The number of ether oxygens (including phenoxy) is 2. The largest absolute Gasteiger partial charge is 0.493 e. The maximum absolute atomic E-state index is 13.7. The molecule has 4 amide bonds. The standard InChI is InChI=1S/C33H27BrN2O5/c1-21-14-22(2)16-24(15-21)20-41-30-28(34)18-23(19-29(30)40-3)17-27-31(37)35(25-10-6-4-7-11-25)33(39)36(32(27)38)26-12-8-5-9-13-26/h4-19H,20H2,1-3H3. The van der Waals surface area contributed by atoms with Crippen molar-refractivity contribution in [1.29, 1.82) is 0 Å². The molecule has 0 radical (unpaired) electrons. The molecule has 1 fully saturated rings. The number of halogens is 1. The number of amides is 4. The van der Waals surface area contributed by atoms with Crippen LogP contribution >= 0.6 is 15.9 Å². The van der Waals surface area contributed by atoms with E-state index in [1.54, 1.807) is 72.8 Å². The van der Waals surface area contributed by atoms with Gasteiger partial charge < -0.3 is 9.47 Å². The molecule has 8 heteroatoms. The Balaban J connectivity index is 1.53. The van der Waals surface area contributed by atoms with Gasteiger partial charge in [0, 0.05) is 0 Å². The minimum Gasteiger partial charge on any atom is -0.493 e. The Hall–Kier alpha value is -4.69. The zero-order valence-electron chi connectivity index (χ0n) is 22.8. The van der Waals surface area contributed by atoms with Crippen molar-refractivity contribution in [3.8, 4) is 11.5 Å². The van der Waals surface area contributed by atoms with E-state index in [0.717, 1.165) is 26.5 Å². The predicted octanol–water partition coefficient (Wildman–Crippen LogP) is 7.24. The molecule has 0 atom stereocenters. The molecule has 0 aromatic heterocycles. The number of benzene rings is 4. The predicted molar refractivity (Wildman–Crippen MR) is 162 cm³/mol. The van der Waals surface area contributed by atoms with Crippen LogP contribution in [-0.4, -0.2) is 25.0 Å². The van der Waals surface area contributed by atoms with E-state index in [9.17, 15) is 14.4 Å². The molecule has 1 heterocycles. The maximum Gasteiger partial charge on any atom is 0.343 e. The summed E-state index contributed by atoms with van der Waals surface area (Å²) >= 11 is 3.56. The van der Waals surface area contributed by atoms with Gasteiger partial charge in [-0.2, -0.15) is 0 Å². The summed E-state index contributed by atoms with van der Waals surface area (Å²) in [7, 11) is 1.52.